The average molecular weight is 342 g/mol. The molecule has 23 heavy (non-hydrogen) atoms. The molecule has 5 heteroatoms. The lowest BCUT2D eigenvalue weighted by Gasteiger charge is -2.27. The van der Waals surface area contributed by atoms with E-state index in [9.17, 15) is 0 Å². The molecule has 1 rings (SSSR count). The maximum absolute atomic E-state index is 5.75. The largest absolute Gasteiger partial charge is 0.353 e. The van der Waals surface area contributed by atoms with Crippen LogP contribution in [0.2, 0.25) is 0 Å². The van der Waals surface area contributed by atoms with E-state index >= 15 is 0 Å². The van der Waals surface area contributed by atoms with Gasteiger partial charge in [0.2, 0.25) is 0 Å². The van der Waals surface area contributed by atoms with Gasteiger partial charge in [0.05, 0.1) is 0 Å². The number of benzene rings is 1. The van der Waals surface area contributed by atoms with Crippen molar-refractivity contribution in [2.75, 3.05) is 38.8 Å². The molecular formula is C18H31O4P. The molecular weight excluding hydrogens is 311 g/mol. The Balaban J connectivity index is 2.83. The summed E-state index contributed by atoms with van der Waals surface area (Å²) in [5.41, 5.74) is 0. The summed E-state index contributed by atoms with van der Waals surface area (Å²) in [6.07, 6.45) is 1.38. The Morgan fingerprint density at radius 1 is 0.696 bits per heavy atom. The second-order valence-corrected chi connectivity index (χ2v) is 7.25. The molecule has 0 bridgehead atoms. The number of hydrogen-bond acceptors (Lipinski definition) is 4. The third-order valence-corrected chi connectivity index (χ3v) is 5.78. The average Bonchev–Trinajstić information content (AvgIpc) is 2.56. The van der Waals surface area contributed by atoms with Crippen molar-refractivity contribution in [2.45, 2.75) is 40.3 Å². The van der Waals surface area contributed by atoms with Crippen LogP contribution in [0.3, 0.4) is 0 Å². The van der Waals surface area contributed by atoms with Gasteiger partial charge in [0.1, 0.15) is 0 Å². The molecule has 0 aliphatic rings. The van der Waals surface area contributed by atoms with Gasteiger partial charge in [-0.1, -0.05) is 38.3 Å². The minimum Gasteiger partial charge on any atom is -0.353 e. The lowest BCUT2D eigenvalue weighted by atomic mass is 10.4. The highest BCUT2D eigenvalue weighted by Crippen LogP contribution is 2.37. The quantitative estimate of drug-likeness (QED) is 0.405. The molecule has 0 fully saturated rings. The normalized spacial score (nSPS) is 11.8. The number of ether oxygens (including phenoxy) is 4. The Labute approximate surface area is 142 Å². The Hall–Kier alpha value is -0.510. The zero-order chi connectivity index (χ0) is 16.9. The van der Waals surface area contributed by atoms with E-state index in [2.05, 4.69) is 24.3 Å². The van der Waals surface area contributed by atoms with Crippen molar-refractivity contribution >= 4 is 13.2 Å². The van der Waals surface area contributed by atoms with Crippen LogP contribution in [-0.2, 0) is 18.9 Å². The maximum Gasteiger partial charge on any atom is 0.161 e. The highest BCUT2D eigenvalue weighted by molar-refractivity contribution is 7.65. The summed E-state index contributed by atoms with van der Waals surface area (Å²) in [7, 11) is -0.481. The van der Waals surface area contributed by atoms with E-state index in [-0.39, 0.29) is 12.6 Å². The van der Waals surface area contributed by atoms with E-state index in [0.29, 0.717) is 26.4 Å². The van der Waals surface area contributed by atoms with Gasteiger partial charge in [0.25, 0.3) is 0 Å². The van der Waals surface area contributed by atoms with E-state index in [4.69, 9.17) is 18.9 Å². The van der Waals surface area contributed by atoms with E-state index in [1.54, 1.807) is 0 Å². The molecule has 0 heterocycles. The molecule has 0 radical (unpaired) electrons. The molecule has 0 N–H and O–H groups in total. The van der Waals surface area contributed by atoms with Crippen molar-refractivity contribution in [2.24, 2.45) is 0 Å². The van der Waals surface area contributed by atoms with Crippen LogP contribution >= 0.6 is 7.92 Å². The van der Waals surface area contributed by atoms with Gasteiger partial charge in [0.15, 0.2) is 12.6 Å². The predicted octanol–water partition coefficient (Wildman–Crippen LogP) is 3.59. The summed E-state index contributed by atoms with van der Waals surface area (Å²) >= 11 is 0. The van der Waals surface area contributed by atoms with Crippen LogP contribution in [0.15, 0.2) is 30.3 Å². The lowest BCUT2D eigenvalue weighted by molar-refractivity contribution is -0.124. The van der Waals surface area contributed by atoms with Gasteiger partial charge < -0.3 is 18.9 Å². The Morgan fingerprint density at radius 2 is 1.09 bits per heavy atom. The number of rotatable bonds is 13. The minimum atomic E-state index is -0.481. The Bertz CT molecular complexity index is 358. The second-order valence-electron chi connectivity index (χ2n) is 4.92. The highest BCUT2D eigenvalue weighted by atomic mass is 31.1. The van der Waals surface area contributed by atoms with Crippen LogP contribution < -0.4 is 5.30 Å². The first-order valence-corrected chi connectivity index (χ1v) is 10.2. The summed E-state index contributed by atoms with van der Waals surface area (Å²) in [5, 5.41) is 1.33. The molecule has 0 amide bonds. The molecule has 132 valence electrons. The van der Waals surface area contributed by atoms with Crippen molar-refractivity contribution in [3.63, 3.8) is 0 Å². The summed E-state index contributed by atoms with van der Waals surface area (Å²) in [5.74, 6) is 0. The highest BCUT2D eigenvalue weighted by Gasteiger charge is 2.22. The smallest absolute Gasteiger partial charge is 0.161 e. The molecule has 1 aromatic rings. The summed E-state index contributed by atoms with van der Waals surface area (Å²) in [6, 6.07) is 10.6. The third kappa shape index (κ3) is 8.23. The molecule has 0 aliphatic heterocycles. The van der Waals surface area contributed by atoms with Crippen LogP contribution in [0.4, 0.5) is 0 Å². The Kier molecular flexibility index (Phi) is 11.5. The SMILES string of the molecule is CCOC(CP(CC(OCC)OCC)c1ccccc1)OCC. The Morgan fingerprint density at radius 3 is 1.43 bits per heavy atom. The summed E-state index contributed by atoms with van der Waals surface area (Å²) < 4.78 is 23.0. The van der Waals surface area contributed by atoms with Gasteiger partial charge in [-0.05, 0) is 33.0 Å². The fourth-order valence-electron chi connectivity index (χ4n) is 2.33. The van der Waals surface area contributed by atoms with Crippen molar-refractivity contribution in [3.8, 4) is 0 Å². The standard InChI is InChI=1S/C18H31O4P/c1-5-19-17(20-6-2)14-23(16-12-10-9-11-13-16)15-18(21-7-3)22-8-4/h9-13,17-18H,5-8,14-15H2,1-4H3. The van der Waals surface area contributed by atoms with Gasteiger partial charge in [0, 0.05) is 38.8 Å². The van der Waals surface area contributed by atoms with E-state index in [1.807, 2.05) is 33.8 Å². The first-order chi connectivity index (χ1) is 11.2. The van der Waals surface area contributed by atoms with E-state index in [0.717, 1.165) is 12.3 Å². The van der Waals surface area contributed by atoms with Gasteiger partial charge in [-0.15, -0.1) is 0 Å². The monoisotopic (exact) mass is 342 g/mol. The first-order valence-electron chi connectivity index (χ1n) is 8.51. The molecule has 4 nitrogen and oxygen atoms in total. The second kappa shape index (κ2) is 12.9. The molecule has 0 spiro atoms. The predicted molar refractivity (Wildman–Crippen MR) is 96.8 cm³/mol. The van der Waals surface area contributed by atoms with Crippen molar-refractivity contribution in [3.05, 3.63) is 30.3 Å². The molecule has 0 atom stereocenters. The zero-order valence-electron chi connectivity index (χ0n) is 14.9. The lowest BCUT2D eigenvalue weighted by Crippen LogP contribution is -2.28. The van der Waals surface area contributed by atoms with Gasteiger partial charge in [-0.25, -0.2) is 0 Å². The summed E-state index contributed by atoms with van der Waals surface area (Å²) in [6.45, 7) is 10.6. The minimum absolute atomic E-state index is 0.166. The molecule has 0 aliphatic carbocycles. The van der Waals surface area contributed by atoms with Crippen molar-refractivity contribution in [1.82, 2.24) is 0 Å². The van der Waals surface area contributed by atoms with Gasteiger partial charge >= 0.3 is 0 Å². The topological polar surface area (TPSA) is 36.9 Å². The van der Waals surface area contributed by atoms with E-state index < -0.39 is 7.92 Å². The van der Waals surface area contributed by atoms with Crippen LogP contribution in [0.1, 0.15) is 27.7 Å². The van der Waals surface area contributed by atoms with Crippen molar-refractivity contribution < 1.29 is 18.9 Å². The van der Waals surface area contributed by atoms with Gasteiger partial charge in [-0.3, -0.25) is 0 Å². The summed E-state index contributed by atoms with van der Waals surface area (Å²) in [4.78, 5) is 0. The van der Waals surface area contributed by atoms with Crippen LogP contribution in [0, 0.1) is 0 Å². The van der Waals surface area contributed by atoms with Crippen LogP contribution in [-0.4, -0.2) is 51.3 Å². The van der Waals surface area contributed by atoms with Crippen molar-refractivity contribution in [1.29, 1.82) is 0 Å². The van der Waals surface area contributed by atoms with Crippen LogP contribution in [0.25, 0.3) is 0 Å². The number of hydrogen-bond donors (Lipinski definition) is 0. The molecule has 0 unspecified atom stereocenters. The van der Waals surface area contributed by atoms with E-state index in [1.165, 1.54) is 5.30 Å². The van der Waals surface area contributed by atoms with Gasteiger partial charge in [-0.2, -0.15) is 0 Å². The molecule has 1 aromatic carbocycles. The molecule has 0 saturated heterocycles. The molecule has 0 aromatic heterocycles. The third-order valence-electron chi connectivity index (χ3n) is 3.27. The fourth-order valence-corrected chi connectivity index (χ4v) is 4.64. The van der Waals surface area contributed by atoms with Crippen LogP contribution in [0.5, 0.6) is 0 Å². The molecule has 0 saturated carbocycles. The fraction of sp³-hybridized carbons (Fsp3) is 0.667. The zero-order valence-corrected chi connectivity index (χ0v) is 15.8. The first kappa shape index (κ1) is 20.5. The maximum atomic E-state index is 5.75.